The number of H-pyrrole nitrogens is 1. The lowest BCUT2D eigenvalue weighted by atomic mass is 10.2. The first kappa shape index (κ1) is 19.5. The van der Waals surface area contributed by atoms with Crippen LogP contribution in [0.3, 0.4) is 0 Å². The first-order valence-corrected chi connectivity index (χ1v) is 9.62. The van der Waals surface area contributed by atoms with Gasteiger partial charge in [0.1, 0.15) is 6.61 Å². The molecule has 0 atom stereocenters. The molecule has 4 rings (SSSR count). The third-order valence-electron chi connectivity index (χ3n) is 4.34. The van der Waals surface area contributed by atoms with Gasteiger partial charge in [0.05, 0.1) is 13.3 Å². The van der Waals surface area contributed by atoms with E-state index in [1.807, 2.05) is 60.7 Å². The fraction of sp³-hybridized carbons (Fsp3) is 0.0909. The molecule has 7 nitrogen and oxygen atoms in total. The smallest absolute Gasteiger partial charge is 0.216 e. The number of pyridine rings is 1. The molecular weight excluding hydrogens is 398 g/mol. The average Bonchev–Trinajstić information content (AvgIpc) is 3.18. The highest BCUT2D eigenvalue weighted by Crippen LogP contribution is 2.28. The highest BCUT2D eigenvalue weighted by atomic mass is 32.1. The van der Waals surface area contributed by atoms with Crippen LogP contribution in [0.1, 0.15) is 11.1 Å². The van der Waals surface area contributed by atoms with Crippen molar-refractivity contribution in [1.82, 2.24) is 19.9 Å². The van der Waals surface area contributed by atoms with Gasteiger partial charge in [-0.15, -0.1) is 0 Å². The van der Waals surface area contributed by atoms with Gasteiger partial charge in [-0.2, -0.15) is 14.9 Å². The van der Waals surface area contributed by atoms with Gasteiger partial charge >= 0.3 is 0 Å². The summed E-state index contributed by atoms with van der Waals surface area (Å²) < 4.78 is 13.4. The van der Waals surface area contributed by atoms with Crippen molar-refractivity contribution in [1.29, 1.82) is 0 Å². The summed E-state index contributed by atoms with van der Waals surface area (Å²) in [6, 6.07) is 19.3. The monoisotopic (exact) mass is 417 g/mol. The van der Waals surface area contributed by atoms with E-state index in [-0.39, 0.29) is 0 Å². The highest BCUT2D eigenvalue weighted by molar-refractivity contribution is 7.71. The standard InChI is InChI=1S/C22H19N5O2S/c1-28-19-8-7-17(13-20(19)29-15-16-5-3-2-4-6-16)14-24-27-21(25-26-22(27)30)18-9-11-23-12-10-18/h2-14H,15H2,1H3,(H,26,30). The van der Waals surface area contributed by atoms with Crippen molar-refractivity contribution >= 4 is 18.4 Å². The second-order valence-electron chi connectivity index (χ2n) is 6.33. The number of aromatic nitrogens is 4. The molecule has 0 spiro atoms. The Hall–Kier alpha value is -3.78. The zero-order chi connectivity index (χ0) is 20.8. The molecule has 0 saturated carbocycles. The molecular formula is C22H19N5O2S. The lowest BCUT2D eigenvalue weighted by molar-refractivity contribution is 0.284. The van der Waals surface area contributed by atoms with Gasteiger partial charge in [-0.1, -0.05) is 30.3 Å². The summed E-state index contributed by atoms with van der Waals surface area (Å²) in [6.45, 7) is 0.441. The van der Waals surface area contributed by atoms with E-state index < -0.39 is 0 Å². The van der Waals surface area contributed by atoms with E-state index >= 15 is 0 Å². The predicted octanol–water partition coefficient (Wildman–Crippen LogP) is 4.47. The number of hydrogen-bond donors (Lipinski definition) is 1. The molecule has 0 unspecified atom stereocenters. The van der Waals surface area contributed by atoms with Crippen LogP contribution in [0.25, 0.3) is 11.4 Å². The first-order chi connectivity index (χ1) is 14.7. The van der Waals surface area contributed by atoms with E-state index in [1.165, 1.54) is 0 Å². The Bertz CT molecular complexity index is 1200. The minimum atomic E-state index is 0.395. The Balaban J connectivity index is 1.59. The molecule has 8 heteroatoms. The van der Waals surface area contributed by atoms with Crippen molar-refractivity contribution < 1.29 is 9.47 Å². The molecule has 0 bridgehead atoms. The van der Waals surface area contributed by atoms with Crippen molar-refractivity contribution in [3.63, 3.8) is 0 Å². The zero-order valence-electron chi connectivity index (χ0n) is 16.2. The van der Waals surface area contributed by atoms with E-state index in [0.29, 0.717) is 28.7 Å². The molecule has 0 fully saturated rings. The fourth-order valence-electron chi connectivity index (χ4n) is 2.83. The normalized spacial score (nSPS) is 11.0. The zero-order valence-corrected chi connectivity index (χ0v) is 17.0. The third kappa shape index (κ3) is 4.44. The average molecular weight is 417 g/mol. The van der Waals surface area contributed by atoms with E-state index in [9.17, 15) is 0 Å². The van der Waals surface area contributed by atoms with E-state index in [2.05, 4.69) is 20.3 Å². The van der Waals surface area contributed by atoms with Gasteiger partial charge in [-0.05, 0) is 53.7 Å². The molecule has 0 aliphatic carbocycles. The summed E-state index contributed by atoms with van der Waals surface area (Å²) in [5, 5.41) is 11.5. The van der Waals surface area contributed by atoms with Crippen molar-refractivity contribution in [2.75, 3.05) is 7.11 Å². The van der Waals surface area contributed by atoms with Crippen molar-refractivity contribution in [3.8, 4) is 22.9 Å². The third-order valence-corrected chi connectivity index (χ3v) is 4.60. The topological polar surface area (TPSA) is 77.3 Å². The van der Waals surface area contributed by atoms with Crippen LogP contribution >= 0.6 is 12.2 Å². The summed E-state index contributed by atoms with van der Waals surface area (Å²) >= 11 is 5.32. The number of nitrogens with one attached hydrogen (secondary N) is 1. The van der Waals surface area contributed by atoms with Gasteiger partial charge in [0.25, 0.3) is 0 Å². The molecule has 1 N–H and O–H groups in total. The molecule has 0 saturated heterocycles. The maximum Gasteiger partial charge on any atom is 0.216 e. The van der Waals surface area contributed by atoms with Crippen LogP contribution in [-0.2, 0) is 6.61 Å². The number of aromatic amines is 1. The molecule has 0 amide bonds. The lowest BCUT2D eigenvalue weighted by Gasteiger charge is -2.11. The summed E-state index contributed by atoms with van der Waals surface area (Å²) in [6.07, 6.45) is 5.09. The molecule has 30 heavy (non-hydrogen) atoms. The number of ether oxygens (including phenoxy) is 2. The van der Waals surface area contributed by atoms with E-state index in [1.54, 1.807) is 30.4 Å². The molecule has 2 aromatic heterocycles. The number of benzene rings is 2. The van der Waals surface area contributed by atoms with Gasteiger partial charge in [-0.25, -0.2) is 5.10 Å². The summed E-state index contributed by atoms with van der Waals surface area (Å²) in [7, 11) is 1.62. The van der Waals surface area contributed by atoms with Crippen LogP contribution in [0, 0.1) is 4.77 Å². The van der Waals surface area contributed by atoms with Gasteiger partial charge < -0.3 is 9.47 Å². The van der Waals surface area contributed by atoms with Gasteiger partial charge in [0.15, 0.2) is 17.3 Å². The Morgan fingerprint density at radius 1 is 1.07 bits per heavy atom. The maximum atomic E-state index is 5.97. The predicted molar refractivity (Wildman–Crippen MR) is 117 cm³/mol. The Morgan fingerprint density at radius 3 is 2.63 bits per heavy atom. The second kappa shape index (κ2) is 9.15. The Morgan fingerprint density at radius 2 is 1.87 bits per heavy atom. The van der Waals surface area contributed by atoms with Crippen LogP contribution in [-0.4, -0.2) is 33.2 Å². The summed E-state index contributed by atoms with van der Waals surface area (Å²) in [4.78, 5) is 4.03. The summed E-state index contributed by atoms with van der Waals surface area (Å²) in [5.41, 5.74) is 2.77. The quantitative estimate of drug-likeness (QED) is 0.355. The van der Waals surface area contributed by atoms with E-state index in [0.717, 1.165) is 16.7 Å². The van der Waals surface area contributed by atoms with Crippen LogP contribution in [0.5, 0.6) is 11.5 Å². The molecule has 4 aromatic rings. The van der Waals surface area contributed by atoms with Crippen molar-refractivity contribution in [2.45, 2.75) is 6.61 Å². The van der Waals surface area contributed by atoms with Gasteiger partial charge in [0.2, 0.25) is 4.77 Å². The Labute approximate surface area is 178 Å². The van der Waals surface area contributed by atoms with Crippen molar-refractivity contribution in [3.05, 3.63) is 89.0 Å². The molecule has 0 aliphatic rings. The first-order valence-electron chi connectivity index (χ1n) is 9.21. The number of hydrogen-bond acceptors (Lipinski definition) is 6. The van der Waals surface area contributed by atoms with E-state index in [4.69, 9.17) is 21.7 Å². The van der Waals surface area contributed by atoms with Gasteiger partial charge in [0, 0.05) is 18.0 Å². The molecule has 0 radical (unpaired) electrons. The van der Waals surface area contributed by atoms with Crippen LogP contribution in [0.4, 0.5) is 0 Å². The van der Waals surface area contributed by atoms with Crippen LogP contribution < -0.4 is 9.47 Å². The molecule has 150 valence electrons. The second-order valence-corrected chi connectivity index (χ2v) is 6.72. The fourth-order valence-corrected chi connectivity index (χ4v) is 3.01. The number of nitrogens with zero attached hydrogens (tertiary/aromatic N) is 4. The maximum absolute atomic E-state index is 5.97. The number of rotatable bonds is 7. The molecule has 2 heterocycles. The van der Waals surface area contributed by atoms with Crippen LogP contribution in [0.15, 0.2) is 78.2 Å². The highest BCUT2D eigenvalue weighted by Gasteiger charge is 2.09. The van der Waals surface area contributed by atoms with Crippen LogP contribution in [0.2, 0.25) is 0 Å². The largest absolute Gasteiger partial charge is 0.493 e. The Kier molecular flexibility index (Phi) is 5.95. The number of methoxy groups -OCH3 is 1. The molecule has 2 aromatic carbocycles. The van der Waals surface area contributed by atoms with Crippen molar-refractivity contribution in [2.24, 2.45) is 5.10 Å². The summed E-state index contributed by atoms with van der Waals surface area (Å²) in [5.74, 6) is 1.89. The lowest BCUT2D eigenvalue weighted by Crippen LogP contribution is -1.99. The minimum absolute atomic E-state index is 0.395. The minimum Gasteiger partial charge on any atom is -0.493 e. The van der Waals surface area contributed by atoms with Gasteiger partial charge in [-0.3, -0.25) is 4.98 Å². The SMILES string of the molecule is COc1ccc(C=Nn2c(-c3ccncc3)n[nH]c2=S)cc1OCc1ccccc1. The molecule has 0 aliphatic heterocycles.